The molecule has 3 rings (SSSR count). The Labute approximate surface area is 116 Å². The maximum absolute atomic E-state index is 11.9. The molecule has 1 aromatic heterocycles. The maximum Gasteiger partial charge on any atom is 0.228 e. The zero-order chi connectivity index (χ0) is 12.5. The van der Waals surface area contributed by atoms with Crippen molar-refractivity contribution in [2.24, 2.45) is 0 Å². The first kappa shape index (κ1) is 11.8. The van der Waals surface area contributed by atoms with Crippen LogP contribution in [0.2, 0.25) is 0 Å². The second kappa shape index (κ2) is 4.78. The average Bonchev–Trinajstić information content (AvgIpc) is 2.99. The average molecular weight is 275 g/mol. The molecule has 4 heteroatoms. The molecule has 0 aliphatic carbocycles. The van der Waals surface area contributed by atoms with Crippen LogP contribution in [0.1, 0.15) is 6.42 Å². The number of rotatable bonds is 2. The van der Waals surface area contributed by atoms with Crippen LogP contribution in [-0.2, 0) is 4.79 Å². The molecule has 1 aromatic carbocycles. The highest BCUT2D eigenvalue weighted by molar-refractivity contribution is 7.81. The largest absolute Gasteiger partial charge is 0.311 e. The fourth-order valence-corrected chi connectivity index (χ4v) is 3.20. The number of hydrogen-bond donors (Lipinski definition) is 1. The van der Waals surface area contributed by atoms with Gasteiger partial charge in [-0.3, -0.25) is 4.79 Å². The van der Waals surface area contributed by atoms with Crippen molar-refractivity contribution >= 4 is 35.6 Å². The fraction of sp³-hybridized carbons (Fsp3) is 0.214. The Morgan fingerprint density at radius 2 is 2.17 bits per heavy atom. The molecule has 92 valence electrons. The van der Waals surface area contributed by atoms with E-state index in [4.69, 9.17) is 0 Å². The third-order valence-corrected chi connectivity index (χ3v) is 4.15. The molecule has 2 aromatic rings. The Hall–Kier alpha value is -1.26. The Kier molecular flexibility index (Phi) is 3.14. The summed E-state index contributed by atoms with van der Waals surface area (Å²) in [5, 5.41) is 4.33. The normalized spacial score (nSPS) is 19.5. The number of carbonyl (C=O) groups excluding carboxylic acids is 1. The summed E-state index contributed by atoms with van der Waals surface area (Å²) in [6, 6.07) is 10.2. The Morgan fingerprint density at radius 3 is 2.83 bits per heavy atom. The minimum absolute atomic E-state index is 0.155. The van der Waals surface area contributed by atoms with Gasteiger partial charge in [-0.05, 0) is 40.1 Å². The van der Waals surface area contributed by atoms with Crippen LogP contribution >= 0.6 is 24.0 Å². The molecule has 1 aliphatic heterocycles. The monoisotopic (exact) mass is 275 g/mol. The summed E-state index contributed by atoms with van der Waals surface area (Å²) in [5.74, 6) is 0.164. The van der Waals surface area contributed by atoms with Crippen molar-refractivity contribution in [2.45, 2.75) is 11.7 Å². The van der Waals surface area contributed by atoms with Crippen LogP contribution in [0, 0.1) is 0 Å². The highest BCUT2D eigenvalue weighted by Crippen LogP contribution is 2.29. The molecule has 1 saturated heterocycles. The third-order valence-electron chi connectivity index (χ3n) is 3.12. The summed E-state index contributed by atoms with van der Waals surface area (Å²) in [6.07, 6.45) is 0.534. The van der Waals surface area contributed by atoms with Gasteiger partial charge in [0.2, 0.25) is 5.91 Å². The topological polar surface area (TPSA) is 20.3 Å². The Morgan fingerprint density at radius 1 is 1.28 bits per heavy atom. The third kappa shape index (κ3) is 2.18. The molecule has 0 N–H and O–H groups in total. The molecule has 1 atom stereocenters. The van der Waals surface area contributed by atoms with Gasteiger partial charge in [0.05, 0.1) is 0 Å². The molecule has 1 aliphatic rings. The molecule has 18 heavy (non-hydrogen) atoms. The first-order chi connectivity index (χ1) is 8.74. The van der Waals surface area contributed by atoms with Gasteiger partial charge < -0.3 is 4.90 Å². The van der Waals surface area contributed by atoms with E-state index in [1.165, 1.54) is 5.56 Å². The van der Waals surface area contributed by atoms with Crippen LogP contribution in [-0.4, -0.2) is 17.7 Å². The van der Waals surface area contributed by atoms with Crippen molar-refractivity contribution < 1.29 is 4.79 Å². The van der Waals surface area contributed by atoms with E-state index in [-0.39, 0.29) is 11.2 Å². The number of carbonyl (C=O) groups is 1. The maximum atomic E-state index is 11.9. The summed E-state index contributed by atoms with van der Waals surface area (Å²) in [4.78, 5) is 13.7. The smallest absolute Gasteiger partial charge is 0.228 e. The summed E-state index contributed by atoms with van der Waals surface area (Å²) in [7, 11) is 0. The molecular formula is C14H13NOS2. The van der Waals surface area contributed by atoms with E-state index >= 15 is 0 Å². The quantitative estimate of drug-likeness (QED) is 0.832. The standard InChI is InChI=1S/C14H13NOS2/c16-14-7-13(17)8-15(14)12-3-1-2-10(6-12)11-4-5-18-9-11/h1-6,9,13,17H,7-8H2. The summed E-state index contributed by atoms with van der Waals surface area (Å²) in [5.41, 5.74) is 3.33. The molecule has 1 fully saturated rings. The first-order valence-electron chi connectivity index (χ1n) is 5.85. The van der Waals surface area contributed by atoms with Crippen LogP contribution in [0.5, 0.6) is 0 Å². The highest BCUT2D eigenvalue weighted by atomic mass is 32.1. The van der Waals surface area contributed by atoms with Crippen molar-refractivity contribution in [2.75, 3.05) is 11.4 Å². The lowest BCUT2D eigenvalue weighted by atomic mass is 10.1. The van der Waals surface area contributed by atoms with Crippen LogP contribution < -0.4 is 4.90 Å². The first-order valence-corrected chi connectivity index (χ1v) is 7.31. The van der Waals surface area contributed by atoms with Gasteiger partial charge in [-0.2, -0.15) is 24.0 Å². The Bertz CT molecular complexity index is 565. The van der Waals surface area contributed by atoms with Crippen LogP contribution in [0.3, 0.4) is 0 Å². The van der Waals surface area contributed by atoms with E-state index in [0.717, 1.165) is 11.3 Å². The van der Waals surface area contributed by atoms with Crippen molar-refractivity contribution in [3.05, 3.63) is 41.1 Å². The second-order valence-corrected chi connectivity index (χ2v) is 5.93. The number of hydrogen-bond acceptors (Lipinski definition) is 3. The lowest BCUT2D eigenvalue weighted by molar-refractivity contribution is -0.117. The number of nitrogens with zero attached hydrogens (tertiary/aromatic N) is 1. The van der Waals surface area contributed by atoms with Crippen LogP contribution in [0.4, 0.5) is 5.69 Å². The fourth-order valence-electron chi connectivity index (χ4n) is 2.22. The van der Waals surface area contributed by atoms with E-state index in [2.05, 4.69) is 41.6 Å². The number of thiophene rings is 1. The second-order valence-electron chi connectivity index (χ2n) is 4.42. The van der Waals surface area contributed by atoms with Gasteiger partial charge in [-0.15, -0.1) is 0 Å². The molecule has 0 bridgehead atoms. The Balaban J connectivity index is 1.94. The number of amides is 1. The molecule has 0 radical (unpaired) electrons. The highest BCUT2D eigenvalue weighted by Gasteiger charge is 2.28. The van der Waals surface area contributed by atoms with Crippen molar-refractivity contribution in [1.29, 1.82) is 0 Å². The molecule has 2 heterocycles. The molecular weight excluding hydrogens is 262 g/mol. The predicted molar refractivity (Wildman–Crippen MR) is 79.5 cm³/mol. The van der Waals surface area contributed by atoms with Gasteiger partial charge in [0.1, 0.15) is 0 Å². The van der Waals surface area contributed by atoms with E-state index in [1.54, 1.807) is 11.3 Å². The van der Waals surface area contributed by atoms with Gasteiger partial charge in [-0.1, -0.05) is 12.1 Å². The lowest BCUT2D eigenvalue weighted by Gasteiger charge is -2.16. The van der Waals surface area contributed by atoms with E-state index < -0.39 is 0 Å². The summed E-state index contributed by atoms with van der Waals surface area (Å²) >= 11 is 6.07. The molecule has 0 spiro atoms. The minimum Gasteiger partial charge on any atom is -0.311 e. The van der Waals surface area contributed by atoms with Gasteiger partial charge in [0.25, 0.3) is 0 Å². The van der Waals surface area contributed by atoms with E-state index in [0.29, 0.717) is 13.0 Å². The van der Waals surface area contributed by atoms with Gasteiger partial charge >= 0.3 is 0 Å². The van der Waals surface area contributed by atoms with Crippen molar-refractivity contribution in [3.63, 3.8) is 0 Å². The van der Waals surface area contributed by atoms with Gasteiger partial charge in [0, 0.05) is 23.9 Å². The molecule has 1 unspecified atom stereocenters. The molecule has 1 amide bonds. The zero-order valence-electron chi connectivity index (χ0n) is 9.74. The summed E-state index contributed by atoms with van der Waals surface area (Å²) in [6.45, 7) is 0.703. The number of anilines is 1. The van der Waals surface area contributed by atoms with Crippen LogP contribution in [0.15, 0.2) is 41.1 Å². The van der Waals surface area contributed by atoms with Crippen molar-refractivity contribution in [3.8, 4) is 11.1 Å². The number of thiol groups is 1. The molecule has 2 nitrogen and oxygen atoms in total. The SMILES string of the molecule is O=C1CC(S)CN1c1cccc(-c2ccsc2)c1. The molecule has 0 saturated carbocycles. The van der Waals surface area contributed by atoms with Crippen molar-refractivity contribution in [1.82, 2.24) is 0 Å². The predicted octanol–water partition coefficient (Wildman–Crippen LogP) is 3.45. The van der Waals surface area contributed by atoms with E-state index in [1.807, 2.05) is 17.0 Å². The lowest BCUT2D eigenvalue weighted by Crippen LogP contribution is -2.24. The minimum atomic E-state index is 0.155. The van der Waals surface area contributed by atoms with Gasteiger partial charge in [-0.25, -0.2) is 0 Å². The van der Waals surface area contributed by atoms with Crippen LogP contribution in [0.25, 0.3) is 11.1 Å². The van der Waals surface area contributed by atoms with Gasteiger partial charge in [0.15, 0.2) is 0 Å². The zero-order valence-corrected chi connectivity index (χ0v) is 11.5. The summed E-state index contributed by atoms with van der Waals surface area (Å²) < 4.78 is 0. The number of benzene rings is 1. The van der Waals surface area contributed by atoms with E-state index in [9.17, 15) is 4.79 Å².